The summed E-state index contributed by atoms with van der Waals surface area (Å²) in [7, 11) is 7.37. The molecule has 0 heterocycles. The first-order valence-corrected chi connectivity index (χ1v) is 3.29. The molecule has 0 rings (SSSR count). The molecule has 4 nitrogen and oxygen atoms in total. The van der Waals surface area contributed by atoms with Crippen molar-refractivity contribution in [2.24, 2.45) is 4.99 Å². The Hall–Kier alpha value is -0.610. The van der Waals surface area contributed by atoms with Gasteiger partial charge in [-0.05, 0) is 14.1 Å². The van der Waals surface area contributed by atoms with Gasteiger partial charge in [0.1, 0.15) is 12.0 Å². The smallest absolute Gasteiger partial charge is 0.128 e. The van der Waals surface area contributed by atoms with Crippen molar-refractivity contribution in [3.8, 4) is 0 Å². The molecule has 0 atom stereocenters. The standard InChI is InChI=1S/C6H16N4/c1-7-5(8-2)6(9-3)10-4/h5,7-8H,1-4H3,(H,9,10). The first kappa shape index (κ1) is 9.39. The van der Waals surface area contributed by atoms with E-state index in [0.717, 1.165) is 5.84 Å². The summed E-state index contributed by atoms with van der Waals surface area (Å²) < 4.78 is 0. The number of aliphatic imine (C=N–C) groups is 1. The van der Waals surface area contributed by atoms with Crippen molar-refractivity contribution >= 4 is 5.84 Å². The monoisotopic (exact) mass is 144 g/mol. The van der Waals surface area contributed by atoms with E-state index in [1.807, 2.05) is 21.1 Å². The lowest BCUT2D eigenvalue weighted by Crippen LogP contribution is -2.49. The lowest BCUT2D eigenvalue weighted by molar-refractivity contribution is 0.603. The number of hydrogen-bond donors (Lipinski definition) is 3. The van der Waals surface area contributed by atoms with Crippen LogP contribution in [0.4, 0.5) is 0 Å². The van der Waals surface area contributed by atoms with E-state index in [9.17, 15) is 0 Å². The van der Waals surface area contributed by atoms with Crippen LogP contribution in [-0.4, -0.2) is 40.2 Å². The second kappa shape index (κ2) is 5.20. The average Bonchev–Trinajstić information content (AvgIpc) is 2.00. The molecule has 0 aromatic heterocycles. The van der Waals surface area contributed by atoms with Crippen molar-refractivity contribution in [3.63, 3.8) is 0 Å². The molecule has 0 spiro atoms. The Morgan fingerprint density at radius 1 is 1.20 bits per heavy atom. The van der Waals surface area contributed by atoms with Crippen molar-refractivity contribution in [3.05, 3.63) is 0 Å². The summed E-state index contributed by atoms with van der Waals surface area (Å²) in [6.45, 7) is 0. The zero-order chi connectivity index (χ0) is 7.98. The van der Waals surface area contributed by atoms with Gasteiger partial charge in [0.2, 0.25) is 0 Å². The minimum Gasteiger partial charge on any atom is -0.374 e. The summed E-state index contributed by atoms with van der Waals surface area (Å²) in [4.78, 5) is 4.03. The highest BCUT2D eigenvalue weighted by Crippen LogP contribution is 1.76. The molecule has 0 amide bonds. The van der Waals surface area contributed by atoms with E-state index in [2.05, 4.69) is 20.9 Å². The normalized spacial score (nSPS) is 12.3. The fourth-order valence-corrected chi connectivity index (χ4v) is 0.803. The van der Waals surface area contributed by atoms with E-state index in [1.165, 1.54) is 0 Å². The van der Waals surface area contributed by atoms with Crippen LogP contribution in [0.2, 0.25) is 0 Å². The van der Waals surface area contributed by atoms with E-state index in [0.29, 0.717) is 0 Å². The summed E-state index contributed by atoms with van der Waals surface area (Å²) in [5.74, 6) is 0.907. The summed E-state index contributed by atoms with van der Waals surface area (Å²) in [6.07, 6.45) is 0.120. The second-order valence-corrected chi connectivity index (χ2v) is 1.87. The Balaban J connectivity index is 3.97. The quantitative estimate of drug-likeness (QED) is 0.270. The van der Waals surface area contributed by atoms with Gasteiger partial charge in [0.15, 0.2) is 0 Å². The summed E-state index contributed by atoms with van der Waals surface area (Å²) >= 11 is 0. The van der Waals surface area contributed by atoms with Crippen LogP contribution in [0.3, 0.4) is 0 Å². The molecule has 0 saturated carbocycles. The molecule has 0 aliphatic heterocycles. The molecule has 60 valence electrons. The fourth-order valence-electron chi connectivity index (χ4n) is 0.803. The van der Waals surface area contributed by atoms with E-state index in [1.54, 1.807) is 7.05 Å². The predicted octanol–water partition coefficient (Wildman–Crippen LogP) is -1.00. The van der Waals surface area contributed by atoms with E-state index in [4.69, 9.17) is 0 Å². The summed E-state index contributed by atoms with van der Waals surface area (Å²) in [5.41, 5.74) is 0. The maximum absolute atomic E-state index is 4.03. The van der Waals surface area contributed by atoms with Crippen molar-refractivity contribution < 1.29 is 0 Å². The van der Waals surface area contributed by atoms with Crippen molar-refractivity contribution in [1.29, 1.82) is 0 Å². The van der Waals surface area contributed by atoms with Gasteiger partial charge < -0.3 is 5.32 Å². The van der Waals surface area contributed by atoms with Crippen molar-refractivity contribution in [1.82, 2.24) is 16.0 Å². The highest BCUT2D eigenvalue weighted by Gasteiger charge is 2.06. The highest BCUT2D eigenvalue weighted by molar-refractivity contribution is 5.86. The third kappa shape index (κ3) is 2.33. The van der Waals surface area contributed by atoms with Gasteiger partial charge in [0.05, 0.1) is 0 Å². The molecule has 0 aliphatic rings. The number of nitrogens with one attached hydrogen (secondary N) is 3. The van der Waals surface area contributed by atoms with Gasteiger partial charge in [-0.15, -0.1) is 0 Å². The topological polar surface area (TPSA) is 48.5 Å². The van der Waals surface area contributed by atoms with Crippen molar-refractivity contribution in [2.45, 2.75) is 6.17 Å². The van der Waals surface area contributed by atoms with Crippen LogP contribution in [0.25, 0.3) is 0 Å². The van der Waals surface area contributed by atoms with Crippen LogP contribution < -0.4 is 16.0 Å². The Morgan fingerprint density at radius 3 is 1.80 bits per heavy atom. The third-order valence-electron chi connectivity index (χ3n) is 1.35. The molecule has 4 heteroatoms. The Morgan fingerprint density at radius 2 is 1.70 bits per heavy atom. The summed E-state index contributed by atoms with van der Waals surface area (Å²) in [5, 5.41) is 9.08. The van der Waals surface area contributed by atoms with Gasteiger partial charge in [-0.25, -0.2) is 0 Å². The molecule has 0 aliphatic carbocycles. The molecule has 3 N–H and O–H groups in total. The van der Waals surface area contributed by atoms with Gasteiger partial charge in [0, 0.05) is 14.1 Å². The van der Waals surface area contributed by atoms with E-state index < -0.39 is 0 Å². The molecular weight excluding hydrogens is 128 g/mol. The van der Waals surface area contributed by atoms with Crippen LogP contribution in [0.5, 0.6) is 0 Å². The molecule has 0 bridgehead atoms. The van der Waals surface area contributed by atoms with Crippen LogP contribution in [0.15, 0.2) is 4.99 Å². The maximum atomic E-state index is 4.03. The SMILES string of the molecule is CN=C(NC)C(NC)NC. The molecule has 0 aromatic rings. The van der Waals surface area contributed by atoms with Gasteiger partial charge in [-0.3, -0.25) is 15.6 Å². The predicted molar refractivity (Wildman–Crippen MR) is 44.3 cm³/mol. The molecule has 0 unspecified atom stereocenters. The molecule has 0 radical (unpaired) electrons. The van der Waals surface area contributed by atoms with Crippen LogP contribution in [0, 0.1) is 0 Å². The fraction of sp³-hybridized carbons (Fsp3) is 0.833. The van der Waals surface area contributed by atoms with Crippen LogP contribution in [-0.2, 0) is 0 Å². The lowest BCUT2D eigenvalue weighted by Gasteiger charge is -2.16. The number of rotatable bonds is 3. The number of amidine groups is 1. The number of hydrogen-bond acceptors (Lipinski definition) is 3. The highest BCUT2D eigenvalue weighted by atomic mass is 15.2. The molecular formula is C6H16N4. The largest absolute Gasteiger partial charge is 0.374 e. The Bertz CT molecular complexity index is 106. The zero-order valence-corrected chi connectivity index (χ0v) is 7.02. The first-order valence-electron chi connectivity index (χ1n) is 3.29. The van der Waals surface area contributed by atoms with Gasteiger partial charge in [-0.1, -0.05) is 0 Å². The van der Waals surface area contributed by atoms with E-state index >= 15 is 0 Å². The zero-order valence-electron chi connectivity index (χ0n) is 7.02. The Kier molecular flexibility index (Phi) is 4.88. The van der Waals surface area contributed by atoms with Gasteiger partial charge in [-0.2, -0.15) is 0 Å². The molecule has 0 aromatic carbocycles. The lowest BCUT2D eigenvalue weighted by atomic mass is 10.4. The maximum Gasteiger partial charge on any atom is 0.128 e. The summed E-state index contributed by atoms with van der Waals surface area (Å²) in [6, 6.07) is 0. The number of nitrogens with zero attached hydrogens (tertiary/aromatic N) is 1. The molecule has 0 saturated heterocycles. The van der Waals surface area contributed by atoms with Gasteiger partial charge in [0.25, 0.3) is 0 Å². The molecule has 0 fully saturated rings. The van der Waals surface area contributed by atoms with Gasteiger partial charge >= 0.3 is 0 Å². The average molecular weight is 144 g/mol. The Labute approximate surface area is 62.1 Å². The first-order chi connectivity index (χ1) is 4.79. The second-order valence-electron chi connectivity index (χ2n) is 1.87. The third-order valence-corrected chi connectivity index (χ3v) is 1.35. The van der Waals surface area contributed by atoms with E-state index in [-0.39, 0.29) is 6.17 Å². The number of likely N-dealkylation sites (N-methyl/N-ethyl adjacent to an activating group) is 3. The molecule has 10 heavy (non-hydrogen) atoms. The minimum atomic E-state index is 0.120. The van der Waals surface area contributed by atoms with Crippen LogP contribution in [0.1, 0.15) is 0 Å². The van der Waals surface area contributed by atoms with Crippen molar-refractivity contribution in [2.75, 3.05) is 28.2 Å². The minimum absolute atomic E-state index is 0.120. The van der Waals surface area contributed by atoms with Crippen LogP contribution >= 0.6 is 0 Å².